The minimum atomic E-state index is -3.58. The lowest BCUT2D eigenvalue weighted by Crippen LogP contribution is -2.38. The number of ether oxygens (including phenoxy) is 1. The monoisotopic (exact) mass is 315 g/mol. The first-order valence-corrected chi connectivity index (χ1v) is 8.11. The maximum atomic E-state index is 11.2. The summed E-state index contributed by atoms with van der Waals surface area (Å²) in [6.07, 6.45) is -0.0714. The third-order valence-corrected chi connectivity index (χ3v) is 3.91. The smallest absolute Gasteiger partial charge is 0.407 e. The molecule has 1 aromatic rings. The Morgan fingerprint density at radius 1 is 1.48 bits per heavy atom. The molecular weight excluding hydrogens is 298 g/mol. The van der Waals surface area contributed by atoms with Gasteiger partial charge in [-0.1, -0.05) is 6.07 Å². The molecule has 0 aromatic heterocycles. The van der Waals surface area contributed by atoms with Crippen LogP contribution in [-0.4, -0.2) is 51.0 Å². The first-order valence-electron chi connectivity index (χ1n) is 6.29. The summed E-state index contributed by atoms with van der Waals surface area (Å²) in [5, 5.41) is 9.15. The molecule has 1 amide bonds. The average molecular weight is 315 g/mol. The molecule has 0 fully saturated rings. The van der Waals surface area contributed by atoms with Gasteiger partial charge in [-0.05, 0) is 23.3 Å². The van der Waals surface area contributed by atoms with Crippen LogP contribution in [-0.2, 0) is 20.8 Å². The minimum absolute atomic E-state index is 0.0945. The van der Waals surface area contributed by atoms with Gasteiger partial charge >= 0.3 is 6.09 Å². The highest BCUT2D eigenvalue weighted by atomic mass is 32.2. The molecule has 1 atom stereocenters. The fourth-order valence-corrected chi connectivity index (χ4v) is 2.76. The van der Waals surface area contributed by atoms with E-state index in [0.29, 0.717) is 5.75 Å². The number of carboxylic acid groups (broad SMARTS) is 1. The van der Waals surface area contributed by atoms with Gasteiger partial charge in [0, 0.05) is 19.0 Å². The van der Waals surface area contributed by atoms with Gasteiger partial charge in [-0.15, -0.1) is 0 Å². The Morgan fingerprint density at radius 3 is 2.76 bits per heavy atom. The fourth-order valence-electron chi connectivity index (χ4n) is 2.35. The zero-order valence-electron chi connectivity index (χ0n) is 11.8. The molecule has 1 heterocycles. The van der Waals surface area contributed by atoms with Crippen LogP contribution >= 0.6 is 0 Å². The summed E-state index contributed by atoms with van der Waals surface area (Å²) >= 11 is 0. The summed E-state index contributed by atoms with van der Waals surface area (Å²) in [6, 6.07) is 5.33. The van der Waals surface area contributed by atoms with Crippen LogP contribution in [0.4, 0.5) is 4.79 Å². The van der Waals surface area contributed by atoms with E-state index in [4.69, 9.17) is 14.0 Å². The zero-order valence-corrected chi connectivity index (χ0v) is 12.6. The molecule has 1 aliphatic heterocycles. The SMILES string of the molecule is COc1ccc2c(c1)C(COS(C)(=O)=O)CN(C(=O)O)C2. The van der Waals surface area contributed by atoms with Crippen molar-refractivity contribution in [1.29, 1.82) is 0 Å². The van der Waals surface area contributed by atoms with Gasteiger partial charge in [0.1, 0.15) is 5.75 Å². The number of carbonyl (C=O) groups is 1. The zero-order chi connectivity index (χ0) is 15.6. The van der Waals surface area contributed by atoms with Crippen molar-refractivity contribution in [2.75, 3.05) is 26.5 Å². The Labute approximate surface area is 123 Å². The minimum Gasteiger partial charge on any atom is -0.497 e. The van der Waals surface area contributed by atoms with Crippen molar-refractivity contribution in [3.63, 3.8) is 0 Å². The Kier molecular flexibility index (Phi) is 4.38. The second kappa shape index (κ2) is 5.90. The number of fused-ring (bicyclic) bond motifs is 1. The van der Waals surface area contributed by atoms with Crippen molar-refractivity contribution in [2.45, 2.75) is 12.5 Å². The van der Waals surface area contributed by atoms with Gasteiger partial charge in [0.05, 0.1) is 20.0 Å². The lowest BCUT2D eigenvalue weighted by Gasteiger charge is -2.32. The van der Waals surface area contributed by atoms with Crippen molar-refractivity contribution in [3.8, 4) is 5.75 Å². The lowest BCUT2D eigenvalue weighted by atomic mass is 9.90. The average Bonchev–Trinajstić information content (AvgIpc) is 2.42. The summed E-state index contributed by atoms with van der Waals surface area (Å²) in [6.45, 7) is 0.359. The van der Waals surface area contributed by atoms with Crippen LogP contribution in [0.25, 0.3) is 0 Å². The molecule has 1 N–H and O–H groups in total. The van der Waals surface area contributed by atoms with Crippen LogP contribution in [0, 0.1) is 0 Å². The van der Waals surface area contributed by atoms with Crippen molar-refractivity contribution >= 4 is 16.2 Å². The predicted molar refractivity (Wildman–Crippen MR) is 75.0 cm³/mol. The van der Waals surface area contributed by atoms with Crippen LogP contribution in [0.1, 0.15) is 17.0 Å². The first kappa shape index (κ1) is 15.6. The molecule has 0 spiro atoms. The van der Waals surface area contributed by atoms with Crippen LogP contribution < -0.4 is 4.74 Å². The molecule has 1 aliphatic rings. The van der Waals surface area contributed by atoms with Gasteiger partial charge in [-0.3, -0.25) is 4.18 Å². The normalized spacial score (nSPS) is 18.2. The maximum absolute atomic E-state index is 11.2. The molecule has 0 aliphatic carbocycles. The van der Waals surface area contributed by atoms with E-state index in [-0.39, 0.29) is 25.6 Å². The standard InChI is InChI=1S/C13H17NO6S/c1-19-11-4-3-9-6-14(13(15)16)7-10(12(9)5-11)8-20-21(2,17)18/h3-5,10H,6-8H2,1-2H3,(H,15,16). The highest BCUT2D eigenvalue weighted by Crippen LogP contribution is 2.31. The number of methoxy groups -OCH3 is 1. The van der Waals surface area contributed by atoms with Crippen molar-refractivity contribution in [3.05, 3.63) is 29.3 Å². The van der Waals surface area contributed by atoms with E-state index in [1.165, 1.54) is 12.0 Å². The van der Waals surface area contributed by atoms with Gasteiger partial charge in [-0.2, -0.15) is 8.42 Å². The van der Waals surface area contributed by atoms with Crippen LogP contribution in [0.5, 0.6) is 5.75 Å². The Balaban J connectivity index is 2.31. The molecule has 1 unspecified atom stereocenters. The molecule has 0 radical (unpaired) electrons. The van der Waals surface area contributed by atoms with E-state index >= 15 is 0 Å². The summed E-state index contributed by atoms with van der Waals surface area (Å²) in [5.41, 5.74) is 1.68. The second-order valence-corrected chi connectivity index (χ2v) is 6.56. The summed E-state index contributed by atoms with van der Waals surface area (Å²) in [7, 11) is -2.04. The number of nitrogens with zero attached hydrogens (tertiary/aromatic N) is 1. The number of benzene rings is 1. The Bertz CT molecular complexity index is 642. The van der Waals surface area contributed by atoms with Crippen LogP contribution in [0.2, 0.25) is 0 Å². The van der Waals surface area contributed by atoms with Crippen LogP contribution in [0.3, 0.4) is 0 Å². The molecule has 8 heteroatoms. The van der Waals surface area contributed by atoms with Gasteiger partial charge in [-0.25, -0.2) is 4.79 Å². The van der Waals surface area contributed by atoms with Crippen LogP contribution in [0.15, 0.2) is 18.2 Å². The number of amides is 1. The fraction of sp³-hybridized carbons (Fsp3) is 0.462. The predicted octanol–water partition coefficient (Wildman–Crippen LogP) is 1.25. The van der Waals surface area contributed by atoms with Gasteiger partial charge in [0.2, 0.25) is 0 Å². The van der Waals surface area contributed by atoms with E-state index in [1.807, 2.05) is 0 Å². The summed E-state index contributed by atoms with van der Waals surface area (Å²) in [5.74, 6) is 0.288. The first-order chi connectivity index (χ1) is 9.80. The molecule has 0 bridgehead atoms. The summed E-state index contributed by atoms with van der Waals surface area (Å²) in [4.78, 5) is 12.4. The molecular formula is C13H17NO6S. The lowest BCUT2D eigenvalue weighted by molar-refractivity contribution is 0.129. The molecule has 1 aromatic carbocycles. The summed E-state index contributed by atoms with van der Waals surface area (Å²) < 4.78 is 32.3. The van der Waals surface area contributed by atoms with Crippen molar-refractivity contribution in [1.82, 2.24) is 4.90 Å². The maximum Gasteiger partial charge on any atom is 0.407 e. The number of hydrogen-bond acceptors (Lipinski definition) is 5. The van der Waals surface area contributed by atoms with E-state index in [0.717, 1.165) is 17.4 Å². The quantitative estimate of drug-likeness (QED) is 0.841. The Morgan fingerprint density at radius 2 is 2.19 bits per heavy atom. The van der Waals surface area contributed by atoms with E-state index in [1.54, 1.807) is 18.2 Å². The molecule has 0 saturated heterocycles. The number of hydrogen-bond donors (Lipinski definition) is 1. The van der Waals surface area contributed by atoms with Gasteiger partial charge in [0.25, 0.3) is 10.1 Å². The van der Waals surface area contributed by atoms with Crippen molar-refractivity contribution < 1.29 is 27.2 Å². The van der Waals surface area contributed by atoms with Gasteiger partial charge < -0.3 is 14.7 Å². The molecule has 7 nitrogen and oxygen atoms in total. The molecule has 116 valence electrons. The molecule has 0 saturated carbocycles. The molecule has 2 rings (SSSR count). The third kappa shape index (κ3) is 3.85. The third-order valence-electron chi connectivity index (χ3n) is 3.35. The second-order valence-electron chi connectivity index (χ2n) is 4.91. The Hall–Kier alpha value is -1.80. The number of rotatable bonds is 4. The van der Waals surface area contributed by atoms with E-state index in [9.17, 15) is 13.2 Å². The van der Waals surface area contributed by atoms with Gasteiger partial charge in [0.15, 0.2) is 0 Å². The topological polar surface area (TPSA) is 93.1 Å². The van der Waals surface area contributed by atoms with E-state index in [2.05, 4.69) is 0 Å². The highest BCUT2D eigenvalue weighted by molar-refractivity contribution is 7.85. The van der Waals surface area contributed by atoms with E-state index < -0.39 is 16.2 Å². The molecule has 21 heavy (non-hydrogen) atoms. The van der Waals surface area contributed by atoms with Crippen molar-refractivity contribution in [2.24, 2.45) is 0 Å². The largest absolute Gasteiger partial charge is 0.497 e. The highest BCUT2D eigenvalue weighted by Gasteiger charge is 2.29.